The second-order valence-electron chi connectivity index (χ2n) is 2.01. The average Bonchev–Trinajstić information content (AvgIpc) is 2.34. The summed E-state index contributed by atoms with van der Waals surface area (Å²) in [6, 6.07) is 0. The van der Waals surface area contributed by atoms with Gasteiger partial charge in [0.2, 0.25) is 0 Å². The summed E-state index contributed by atoms with van der Waals surface area (Å²) in [7, 11) is 0. The Morgan fingerprint density at radius 3 is 0.941 bits per heavy atom. The highest BCUT2D eigenvalue weighted by atomic mass is 35.5. The molecule has 1 unspecified atom stereocenters. The number of halogens is 1. The van der Waals surface area contributed by atoms with Gasteiger partial charge in [0.15, 0.2) is 0 Å². The molecule has 0 aliphatic rings. The van der Waals surface area contributed by atoms with Gasteiger partial charge in [0.05, 0.1) is 11.4 Å². The van der Waals surface area contributed by atoms with Crippen molar-refractivity contribution in [3.05, 3.63) is 49.6 Å². The highest BCUT2D eigenvalue weighted by Gasteiger charge is 1.59. The van der Waals surface area contributed by atoms with Crippen molar-refractivity contribution < 1.29 is 13.3 Å². The third-order valence-electron chi connectivity index (χ3n) is 0.955. The van der Waals surface area contributed by atoms with Gasteiger partial charge in [-0.25, -0.2) is 4.21 Å². The quantitative estimate of drug-likeness (QED) is 0.706. The molecule has 0 bridgehead atoms. The van der Waals surface area contributed by atoms with Gasteiger partial charge < -0.3 is 9.11 Å². The van der Waals surface area contributed by atoms with Gasteiger partial charge in [0, 0.05) is 49.6 Å². The first kappa shape index (κ1) is 17.9. The third kappa shape index (κ3) is 20.6. The van der Waals surface area contributed by atoms with E-state index in [9.17, 15) is 0 Å². The zero-order valence-electron chi connectivity index (χ0n) is 8.49. The molecule has 0 aliphatic carbocycles. The molecule has 2 aromatic heterocycles. The Kier molecular flexibility index (Phi) is 15.3. The summed E-state index contributed by atoms with van der Waals surface area (Å²) >= 11 is -2.86. The van der Waals surface area contributed by atoms with E-state index in [2.05, 4.69) is 19.9 Å². The number of aromatic nitrogens is 4. The molecule has 2 rings (SSSR count). The zero-order chi connectivity index (χ0) is 12.1. The molecule has 94 valence electrons. The van der Waals surface area contributed by atoms with Crippen LogP contribution in [0.15, 0.2) is 49.6 Å². The maximum absolute atomic E-state index is 8.56. The van der Waals surface area contributed by atoms with Crippen LogP contribution in [0.3, 0.4) is 0 Å². The second-order valence-corrected chi connectivity index (χ2v) is 2.44. The summed E-state index contributed by atoms with van der Waals surface area (Å²) < 4.78 is 24.1. The first-order valence-electron chi connectivity index (χ1n) is 3.91. The summed E-state index contributed by atoms with van der Waals surface area (Å²) in [5, 5.41) is 0. The van der Waals surface area contributed by atoms with Crippen LogP contribution in [0.5, 0.6) is 0 Å². The van der Waals surface area contributed by atoms with E-state index in [0.717, 1.165) is 0 Å². The fraction of sp³-hybridized carbons (Fsp3) is 0. The predicted octanol–water partition coefficient (Wildman–Crippen LogP) is 0.713. The summed E-state index contributed by atoms with van der Waals surface area (Å²) in [5.74, 6) is 0. The fourth-order valence-electron chi connectivity index (χ4n) is 0.507. The molecule has 2 heterocycles. The monoisotopic (exact) mass is 277 g/mol. The topological polar surface area (TPSA) is 112 Å². The SMILES string of the molecule is Cl.O=S([O-])O.c1cnccn1.c1cnccn1. The number of rotatable bonds is 0. The van der Waals surface area contributed by atoms with Crippen LogP contribution in [0, 0.1) is 0 Å². The fourth-order valence-corrected chi connectivity index (χ4v) is 0.507. The molecule has 0 amide bonds. The van der Waals surface area contributed by atoms with Crippen LogP contribution in [0.4, 0.5) is 0 Å². The van der Waals surface area contributed by atoms with Crippen molar-refractivity contribution in [2.75, 3.05) is 0 Å². The highest BCUT2D eigenvalue weighted by Crippen LogP contribution is 1.66. The van der Waals surface area contributed by atoms with Crippen LogP contribution in [0.2, 0.25) is 0 Å². The molecule has 0 aliphatic heterocycles. The van der Waals surface area contributed by atoms with Gasteiger partial charge in [-0.1, -0.05) is 0 Å². The van der Waals surface area contributed by atoms with Crippen molar-refractivity contribution >= 4 is 23.8 Å². The van der Waals surface area contributed by atoms with E-state index in [1.165, 1.54) is 0 Å². The van der Waals surface area contributed by atoms with Crippen molar-refractivity contribution in [3.8, 4) is 0 Å². The molecule has 0 spiro atoms. The van der Waals surface area contributed by atoms with Crippen LogP contribution in [0.1, 0.15) is 0 Å². The lowest BCUT2D eigenvalue weighted by Gasteiger charge is -1.83. The van der Waals surface area contributed by atoms with Gasteiger partial charge in [-0.3, -0.25) is 19.9 Å². The molecule has 0 aromatic carbocycles. The maximum atomic E-state index is 8.56. The van der Waals surface area contributed by atoms with Gasteiger partial charge >= 0.3 is 0 Å². The highest BCUT2D eigenvalue weighted by molar-refractivity contribution is 7.73. The van der Waals surface area contributed by atoms with Crippen LogP contribution in [-0.4, -0.2) is 33.3 Å². The molecule has 1 atom stereocenters. The van der Waals surface area contributed by atoms with Gasteiger partial charge in [0.25, 0.3) is 0 Å². The van der Waals surface area contributed by atoms with Crippen LogP contribution in [0.25, 0.3) is 0 Å². The maximum Gasteiger partial charge on any atom is 0.0814 e. The summed E-state index contributed by atoms with van der Waals surface area (Å²) in [6.07, 6.45) is 13.1. The molecule has 7 nitrogen and oxygen atoms in total. The molecule has 0 saturated carbocycles. The zero-order valence-corrected chi connectivity index (χ0v) is 10.1. The van der Waals surface area contributed by atoms with Gasteiger partial charge in [-0.05, 0) is 0 Å². The smallest absolute Gasteiger partial charge is 0.0814 e. The minimum atomic E-state index is -2.86. The van der Waals surface area contributed by atoms with Crippen molar-refractivity contribution in [1.29, 1.82) is 0 Å². The predicted molar refractivity (Wildman–Crippen MR) is 62.9 cm³/mol. The van der Waals surface area contributed by atoms with Crippen molar-refractivity contribution in [2.45, 2.75) is 0 Å². The summed E-state index contributed by atoms with van der Waals surface area (Å²) in [4.78, 5) is 14.9. The number of nitrogens with zero attached hydrogens (tertiary/aromatic N) is 4. The van der Waals surface area contributed by atoms with Crippen molar-refractivity contribution in [3.63, 3.8) is 0 Å². The lowest BCUT2D eigenvalue weighted by Crippen LogP contribution is -1.75. The molecule has 0 saturated heterocycles. The van der Waals surface area contributed by atoms with Crippen LogP contribution in [-0.2, 0) is 11.4 Å². The number of hydrogen-bond donors (Lipinski definition) is 1. The molecule has 0 fully saturated rings. The lowest BCUT2D eigenvalue weighted by atomic mass is 10.8. The van der Waals surface area contributed by atoms with E-state index >= 15 is 0 Å². The van der Waals surface area contributed by atoms with E-state index in [-0.39, 0.29) is 12.4 Å². The Morgan fingerprint density at radius 1 is 0.765 bits per heavy atom. The van der Waals surface area contributed by atoms with E-state index in [1.807, 2.05) is 0 Å². The Bertz CT molecular complexity index is 279. The first-order chi connectivity index (χ1) is 7.73. The van der Waals surface area contributed by atoms with E-state index in [4.69, 9.17) is 13.3 Å². The van der Waals surface area contributed by atoms with E-state index in [0.29, 0.717) is 0 Å². The van der Waals surface area contributed by atoms with Gasteiger partial charge in [-0.15, -0.1) is 12.4 Å². The van der Waals surface area contributed by atoms with Crippen molar-refractivity contribution in [1.82, 2.24) is 19.9 Å². The van der Waals surface area contributed by atoms with Crippen LogP contribution >= 0.6 is 12.4 Å². The van der Waals surface area contributed by atoms with Gasteiger partial charge in [-0.2, -0.15) is 0 Å². The summed E-state index contributed by atoms with van der Waals surface area (Å²) in [6.45, 7) is 0. The standard InChI is InChI=1S/2C4H4N2.ClH.H2O3S/c2*1-2-6-4-3-5-1;;1-4(2)3/h2*1-4H;1H;(H2,1,2,3)/p-1. The minimum absolute atomic E-state index is 0. The molecule has 0 radical (unpaired) electrons. The molecule has 17 heavy (non-hydrogen) atoms. The Hall–Kier alpha value is -1.48. The second kappa shape index (κ2) is 14.5. The normalized spacial score (nSPS) is 9.29. The molecule has 2 aromatic rings. The average molecular weight is 278 g/mol. The van der Waals surface area contributed by atoms with Crippen molar-refractivity contribution in [2.24, 2.45) is 0 Å². The molecule has 9 heteroatoms. The van der Waals surface area contributed by atoms with Crippen LogP contribution < -0.4 is 0 Å². The van der Waals surface area contributed by atoms with Gasteiger partial charge in [0.1, 0.15) is 0 Å². The molecular formula is C8H10ClN4O3S-. The molecular weight excluding hydrogens is 268 g/mol. The largest absolute Gasteiger partial charge is 0.750 e. The lowest BCUT2D eigenvalue weighted by molar-refractivity contribution is 0.436. The minimum Gasteiger partial charge on any atom is -0.750 e. The summed E-state index contributed by atoms with van der Waals surface area (Å²) in [5.41, 5.74) is 0. The molecule has 1 N–H and O–H groups in total. The van der Waals surface area contributed by atoms with E-state index in [1.54, 1.807) is 49.6 Å². The van der Waals surface area contributed by atoms with E-state index < -0.39 is 11.4 Å². The first-order valence-corrected chi connectivity index (χ1v) is 4.95. The third-order valence-corrected chi connectivity index (χ3v) is 0.955. The number of hydrogen-bond acceptors (Lipinski definition) is 6. The Balaban J connectivity index is 0. The Labute approximate surface area is 107 Å². The Morgan fingerprint density at radius 2 is 0.882 bits per heavy atom.